The molecule has 0 saturated carbocycles. The molecule has 1 aliphatic rings. The van der Waals surface area contributed by atoms with E-state index in [4.69, 9.17) is 42.8 Å². The summed E-state index contributed by atoms with van der Waals surface area (Å²) in [5, 5.41) is 2.15. The minimum Gasteiger partial charge on any atom is -0.378 e. The van der Waals surface area contributed by atoms with E-state index in [1.807, 2.05) is 30.3 Å². The zero-order valence-corrected chi connectivity index (χ0v) is 18.7. The minimum atomic E-state index is -2.81. The third-order valence-corrected chi connectivity index (χ3v) is 6.13. The highest BCUT2D eigenvalue weighted by molar-refractivity contribution is 7.64. The van der Waals surface area contributed by atoms with E-state index < -0.39 is 6.00 Å². The van der Waals surface area contributed by atoms with Crippen LogP contribution in [0.2, 0.25) is 0 Å². The van der Waals surface area contributed by atoms with E-state index in [1.165, 1.54) is 6.42 Å². The maximum atomic E-state index is 6.52. The van der Waals surface area contributed by atoms with Crippen molar-refractivity contribution in [2.75, 3.05) is 12.8 Å². The first-order chi connectivity index (χ1) is 11.5. The number of hydrogen-bond donors (Lipinski definition) is 0. The molecule has 0 aliphatic carbocycles. The van der Waals surface area contributed by atoms with Gasteiger partial charge in [-0.05, 0) is 52.5 Å². The molecule has 1 unspecified atom stereocenters. The maximum absolute atomic E-state index is 6.52. The van der Waals surface area contributed by atoms with Crippen LogP contribution in [-0.4, -0.2) is 35.0 Å². The molecule has 0 radical (unpaired) electrons. The molecule has 7 heteroatoms. The molecule has 0 bridgehead atoms. The number of nitrogens with zero attached hydrogens (tertiary/aromatic N) is 1. The van der Waals surface area contributed by atoms with Crippen molar-refractivity contribution in [2.45, 2.75) is 64.1 Å². The molecule has 0 N–H and O–H groups in total. The summed E-state index contributed by atoms with van der Waals surface area (Å²) in [7, 11) is 0. The number of rotatable bonds is 7. The summed E-state index contributed by atoms with van der Waals surface area (Å²) in [6, 6.07) is 7.28. The molecular formula is C18H28Cl3NO2Si. The van der Waals surface area contributed by atoms with Crippen molar-refractivity contribution in [3.8, 4) is 0 Å². The maximum Gasteiger partial charge on any atom is 0.365 e. The van der Waals surface area contributed by atoms with Crippen LogP contribution < -0.4 is 0 Å². The van der Waals surface area contributed by atoms with Gasteiger partial charge in [-0.2, -0.15) is 5.06 Å². The Labute approximate surface area is 166 Å². The highest BCUT2D eigenvalue weighted by atomic mass is 35.8. The fraction of sp³-hybridized carbons (Fsp3) is 0.667. The Morgan fingerprint density at radius 2 is 1.60 bits per heavy atom. The highest BCUT2D eigenvalue weighted by Gasteiger charge is 2.43. The largest absolute Gasteiger partial charge is 0.378 e. The third kappa shape index (κ3) is 6.38. The quantitative estimate of drug-likeness (QED) is 0.401. The van der Waals surface area contributed by atoms with Gasteiger partial charge in [0.1, 0.15) is 6.10 Å². The standard InChI is InChI=1S/C18H28Cl3NO2Si/c1-17(2)11-8-12-18(3,4)22(17)24-16(13-23-14-25(19,20)21)15-9-6-5-7-10-15/h5-7,9-10,16H,8,11-14H2,1-4H3. The molecule has 1 heterocycles. The third-order valence-electron chi connectivity index (χ3n) is 4.62. The molecule has 1 aliphatic heterocycles. The number of hydrogen-bond acceptors (Lipinski definition) is 3. The molecule has 3 nitrogen and oxygen atoms in total. The topological polar surface area (TPSA) is 21.7 Å². The Bertz CT molecular complexity index is 533. The van der Waals surface area contributed by atoms with Crippen LogP contribution in [0, 0.1) is 0 Å². The lowest BCUT2D eigenvalue weighted by Crippen LogP contribution is -2.58. The van der Waals surface area contributed by atoms with Crippen LogP contribution in [0.15, 0.2) is 30.3 Å². The number of halogens is 3. The van der Waals surface area contributed by atoms with Crippen LogP contribution in [0.3, 0.4) is 0 Å². The van der Waals surface area contributed by atoms with Gasteiger partial charge in [0.15, 0.2) is 0 Å². The average molecular weight is 425 g/mol. The zero-order valence-electron chi connectivity index (χ0n) is 15.4. The molecule has 0 aromatic heterocycles. The molecule has 1 aromatic carbocycles. The van der Waals surface area contributed by atoms with E-state index >= 15 is 0 Å². The van der Waals surface area contributed by atoms with Crippen LogP contribution in [0.25, 0.3) is 0 Å². The summed E-state index contributed by atoms with van der Waals surface area (Å²) in [5.74, 6) is 0. The van der Waals surface area contributed by atoms with E-state index in [1.54, 1.807) is 0 Å². The first-order valence-corrected chi connectivity index (χ1v) is 13.9. The zero-order chi connectivity index (χ0) is 18.7. The lowest BCUT2D eigenvalue weighted by molar-refractivity contribution is -0.312. The normalized spacial score (nSPS) is 21.9. The van der Waals surface area contributed by atoms with Gasteiger partial charge in [0.05, 0.1) is 12.8 Å². The van der Waals surface area contributed by atoms with Crippen molar-refractivity contribution >= 4 is 39.2 Å². The summed E-state index contributed by atoms with van der Waals surface area (Å²) in [5.41, 5.74) is 0.975. The number of ether oxygens (including phenoxy) is 1. The summed E-state index contributed by atoms with van der Waals surface area (Å²) in [6.45, 7) is 9.26. The van der Waals surface area contributed by atoms with Crippen LogP contribution in [0.5, 0.6) is 0 Å². The fourth-order valence-electron chi connectivity index (χ4n) is 3.53. The Balaban J connectivity index is 2.17. The van der Waals surface area contributed by atoms with Gasteiger partial charge in [-0.3, -0.25) is 4.84 Å². The lowest BCUT2D eigenvalue weighted by atomic mass is 9.82. The number of piperidine rings is 1. The number of hydroxylamine groups is 2. The summed E-state index contributed by atoms with van der Waals surface area (Å²) in [4.78, 5) is 6.52. The molecule has 0 amide bonds. The summed E-state index contributed by atoms with van der Waals surface area (Å²) in [6.07, 6.45) is 3.32. The van der Waals surface area contributed by atoms with Crippen molar-refractivity contribution in [1.29, 1.82) is 0 Å². The van der Waals surface area contributed by atoms with Crippen LogP contribution in [0.1, 0.15) is 58.6 Å². The molecule has 0 spiro atoms. The first-order valence-electron chi connectivity index (χ1n) is 8.68. The minimum absolute atomic E-state index is 0.0429. The molecule has 142 valence electrons. The van der Waals surface area contributed by atoms with Crippen molar-refractivity contribution < 1.29 is 9.57 Å². The predicted molar refractivity (Wildman–Crippen MR) is 108 cm³/mol. The fourth-order valence-corrected chi connectivity index (χ4v) is 4.57. The molecule has 1 fully saturated rings. The van der Waals surface area contributed by atoms with Crippen molar-refractivity contribution in [2.24, 2.45) is 0 Å². The first kappa shape index (κ1) is 21.5. The smallest absolute Gasteiger partial charge is 0.365 e. The van der Waals surface area contributed by atoms with Crippen LogP contribution >= 0.6 is 33.2 Å². The van der Waals surface area contributed by atoms with Gasteiger partial charge in [0, 0.05) is 11.1 Å². The second kappa shape index (κ2) is 8.47. The van der Waals surface area contributed by atoms with Crippen molar-refractivity contribution in [3.63, 3.8) is 0 Å². The van der Waals surface area contributed by atoms with Gasteiger partial charge in [0.2, 0.25) is 0 Å². The van der Waals surface area contributed by atoms with Gasteiger partial charge in [-0.1, -0.05) is 30.3 Å². The molecular weight excluding hydrogens is 397 g/mol. The van der Waals surface area contributed by atoms with E-state index in [9.17, 15) is 0 Å². The molecule has 2 rings (SSSR count). The SMILES string of the molecule is CC1(C)CCCC(C)(C)N1OC(COC[Si](Cl)(Cl)Cl)c1ccccc1. The van der Waals surface area contributed by atoms with Gasteiger partial charge < -0.3 is 4.74 Å². The van der Waals surface area contributed by atoms with Gasteiger partial charge >= 0.3 is 6.00 Å². The van der Waals surface area contributed by atoms with Gasteiger partial charge in [0.25, 0.3) is 0 Å². The Hall–Kier alpha value is 0.187. The van der Waals surface area contributed by atoms with E-state index in [0.29, 0.717) is 6.61 Å². The molecule has 1 atom stereocenters. The average Bonchev–Trinajstić information content (AvgIpc) is 2.48. The van der Waals surface area contributed by atoms with E-state index in [2.05, 4.69) is 32.8 Å². The Kier molecular flexibility index (Phi) is 7.28. The summed E-state index contributed by atoms with van der Waals surface area (Å²) < 4.78 is 5.71. The number of benzene rings is 1. The monoisotopic (exact) mass is 423 g/mol. The van der Waals surface area contributed by atoms with Gasteiger partial charge in [-0.15, -0.1) is 33.2 Å². The summed E-state index contributed by atoms with van der Waals surface area (Å²) >= 11 is 17.8. The van der Waals surface area contributed by atoms with Crippen LogP contribution in [0.4, 0.5) is 0 Å². The van der Waals surface area contributed by atoms with E-state index in [0.717, 1.165) is 18.4 Å². The van der Waals surface area contributed by atoms with Crippen molar-refractivity contribution in [3.05, 3.63) is 35.9 Å². The van der Waals surface area contributed by atoms with E-state index in [-0.39, 0.29) is 23.4 Å². The molecule has 1 aromatic rings. The second-order valence-corrected chi connectivity index (χ2v) is 17.0. The lowest BCUT2D eigenvalue weighted by Gasteiger charge is -2.52. The second-order valence-electron chi connectivity index (χ2n) is 7.91. The Morgan fingerprint density at radius 1 is 1.04 bits per heavy atom. The van der Waals surface area contributed by atoms with Crippen molar-refractivity contribution in [1.82, 2.24) is 5.06 Å². The highest BCUT2D eigenvalue weighted by Crippen LogP contribution is 2.40. The molecule has 25 heavy (non-hydrogen) atoms. The Morgan fingerprint density at radius 3 is 2.12 bits per heavy atom. The molecule has 1 saturated heterocycles. The predicted octanol–water partition coefficient (Wildman–Crippen LogP) is 5.91. The van der Waals surface area contributed by atoms with Gasteiger partial charge in [-0.25, -0.2) is 0 Å². The van der Waals surface area contributed by atoms with Crippen LogP contribution in [-0.2, 0) is 9.57 Å².